The van der Waals surface area contributed by atoms with Gasteiger partial charge in [-0.1, -0.05) is 48.5 Å². The minimum absolute atomic E-state index is 0.236. The summed E-state index contributed by atoms with van der Waals surface area (Å²) >= 11 is 0. The highest BCUT2D eigenvalue weighted by molar-refractivity contribution is 6.08. The third-order valence-electron chi connectivity index (χ3n) is 6.71. The topological polar surface area (TPSA) is 91.0 Å². The molecule has 1 aromatic heterocycles. The lowest BCUT2D eigenvalue weighted by Gasteiger charge is -2.17. The quantitative estimate of drug-likeness (QED) is 0.349. The van der Waals surface area contributed by atoms with Crippen LogP contribution in [0.1, 0.15) is 34.4 Å². The first-order valence-corrected chi connectivity index (χ1v) is 11.5. The van der Waals surface area contributed by atoms with Gasteiger partial charge in [-0.15, -0.1) is 0 Å². The van der Waals surface area contributed by atoms with Crippen molar-refractivity contribution in [2.45, 2.75) is 18.4 Å². The summed E-state index contributed by atoms with van der Waals surface area (Å²) in [5, 5.41) is 7.60. The van der Waals surface area contributed by atoms with Crippen LogP contribution in [0.25, 0.3) is 16.6 Å². The van der Waals surface area contributed by atoms with Crippen molar-refractivity contribution in [3.63, 3.8) is 0 Å². The number of allylic oxidation sites excluding steroid dienone is 1. The molecule has 0 saturated carbocycles. The van der Waals surface area contributed by atoms with Gasteiger partial charge in [-0.25, -0.2) is 4.98 Å². The molecule has 6 nitrogen and oxygen atoms in total. The van der Waals surface area contributed by atoms with Gasteiger partial charge in [0.15, 0.2) is 0 Å². The number of H-pyrrole nitrogens is 1. The van der Waals surface area contributed by atoms with Crippen LogP contribution in [0.4, 0.5) is 0 Å². The molecule has 6 heteroatoms. The summed E-state index contributed by atoms with van der Waals surface area (Å²) in [4.78, 5) is 11.1. The Morgan fingerprint density at radius 3 is 2.56 bits per heavy atom. The van der Waals surface area contributed by atoms with E-state index in [9.17, 15) is 0 Å². The molecule has 34 heavy (non-hydrogen) atoms. The number of nitrogens with two attached hydrogens (primary N) is 1. The van der Waals surface area contributed by atoms with Crippen LogP contribution in [0.5, 0.6) is 5.75 Å². The number of ether oxygens (including phenoxy) is 1. The van der Waals surface area contributed by atoms with Crippen LogP contribution >= 0.6 is 0 Å². The van der Waals surface area contributed by atoms with Crippen molar-refractivity contribution < 1.29 is 4.74 Å². The van der Waals surface area contributed by atoms with Crippen molar-refractivity contribution >= 4 is 22.8 Å². The summed E-state index contributed by atoms with van der Waals surface area (Å²) in [7, 11) is 1.70. The van der Waals surface area contributed by atoms with E-state index in [0.717, 1.165) is 47.8 Å². The second kappa shape index (κ2) is 9.53. The van der Waals surface area contributed by atoms with Crippen molar-refractivity contribution in [2.75, 3.05) is 20.2 Å². The molecule has 5 rings (SSSR count). The highest BCUT2D eigenvalue weighted by atomic mass is 16.5. The predicted octanol–water partition coefficient (Wildman–Crippen LogP) is 4.90. The fraction of sp³-hybridized carbons (Fsp3) is 0.214. The SMILES string of the molecule is COc1ccc(C2CN(Cc3ccccc3)C[C@@H]2c2nc3ccc(/C(C=N)=C/N)cc3[nH]2)cc1. The van der Waals surface area contributed by atoms with Gasteiger partial charge in [0.2, 0.25) is 0 Å². The van der Waals surface area contributed by atoms with Gasteiger partial charge in [0, 0.05) is 49.5 Å². The summed E-state index contributed by atoms with van der Waals surface area (Å²) in [5.74, 6) is 2.42. The van der Waals surface area contributed by atoms with Crippen LogP contribution in [-0.4, -0.2) is 41.3 Å². The summed E-state index contributed by atoms with van der Waals surface area (Å²) < 4.78 is 5.37. The van der Waals surface area contributed by atoms with Gasteiger partial charge in [-0.2, -0.15) is 0 Å². The molecule has 172 valence electrons. The summed E-state index contributed by atoms with van der Waals surface area (Å²) in [6.07, 6.45) is 2.74. The van der Waals surface area contributed by atoms with E-state index in [1.165, 1.54) is 23.5 Å². The first-order valence-electron chi connectivity index (χ1n) is 11.5. The Balaban J connectivity index is 1.49. The number of likely N-dealkylation sites (tertiary alicyclic amines) is 1. The Bertz CT molecular complexity index is 1310. The Hall–Kier alpha value is -3.90. The summed E-state index contributed by atoms with van der Waals surface area (Å²) in [6.45, 7) is 2.80. The van der Waals surface area contributed by atoms with E-state index in [-0.39, 0.29) is 5.92 Å². The van der Waals surface area contributed by atoms with E-state index < -0.39 is 0 Å². The monoisotopic (exact) mass is 451 g/mol. The molecule has 0 radical (unpaired) electrons. The molecular formula is C28H29N5O. The fourth-order valence-electron chi connectivity index (χ4n) is 4.93. The minimum Gasteiger partial charge on any atom is -0.497 e. The molecular weight excluding hydrogens is 422 g/mol. The number of nitrogens with zero attached hydrogens (tertiary/aromatic N) is 2. The van der Waals surface area contributed by atoms with Crippen molar-refractivity contribution in [2.24, 2.45) is 5.73 Å². The maximum atomic E-state index is 7.60. The Morgan fingerprint density at radius 2 is 1.85 bits per heavy atom. The van der Waals surface area contributed by atoms with Gasteiger partial charge in [0.05, 0.1) is 18.1 Å². The molecule has 2 heterocycles. The molecule has 0 aliphatic carbocycles. The number of fused-ring (bicyclic) bond motifs is 1. The van der Waals surface area contributed by atoms with E-state index in [4.69, 9.17) is 20.9 Å². The normalized spacial score (nSPS) is 18.9. The highest BCUT2D eigenvalue weighted by Gasteiger charge is 2.36. The summed E-state index contributed by atoms with van der Waals surface area (Å²) in [5.41, 5.74) is 11.8. The Labute approximate surface area is 199 Å². The molecule has 4 aromatic rings. The number of hydrogen-bond acceptors (Lipinski definition) is 5. The van der Waals surface area contributed by atoms with Gasteiger partial charge in [0.25, 0.3) is 0 Å². The van der Waals surface area contributed by atoms with Crippen molar-refractivity contribution in [3.05, 3.63) is 102 Å². The van der Waals surface area contributed by atoms with E-state index in [1.807, 2.05) is 30.3 Å². The van der Waals surface area contributed by atoms with Crippen LogP contribution in [0, 0.1) is 5.41 Å². The zero-order valence-electron chi connectivity index (χ0n) is 19.2. The number of aromatic nitrogens is 2. The van der Waals surface area contributed by atoms with Gasteiger partial charge in [-0.3, -0.25) is 4.90 Å². The van der Waals surface area contributed by atoms with Gasteiger partial charge in [0.1, 0.15) is 11.6 Å². The number of imidazole rings is 1. The van der Waals surface area contributed by atoms with Crippen LogP contribution in [0.15, 0.2) is 79.0 Å². The molecule has 1 aliphatic heterocycles. The Morgan fingerprint density at radius 1 is 1.09 bits per heavy atom. The van der Waals surface area contributed by atoms with E-state index in [2.05, 4.69) is 52.3 Å². The summed E-state index contributed by atoms with van der Waals surface area (Å²) in [6, 6.07) is 25.0. The fourth-order valence-corrected chi connectivity index (χ4v) is 4.93. The maximum Gasteiger partial charge on any atom is 0.118 e. The largest absolute Gasteiger partial charge is 0.497 e. The smallest absolute Gasteiger partial charge is 0.118 e. The lowest BCUT2D eigenvalue weighted by molar-refractivity contribution is 0.323. The molecule has 0 amide bonds. The molecule has 3 aromatic carbocycles. The number of hydrogen-bond donors (Lipinski definition) is 3. The zero-order chi connectivity index (χ0) is 23.5. The van der Waals surface area contributed by atoms with E-state index >= 15 is 0 Å². The van der Waals surface area contributed by atoms with E-state index in [1.54, 1.807) is 7.11 Å². The van der Waals surface area contributed by atoms with Crippen molar-refractivity contribution in [1.29, 1.82) is 5.41 Å². The lowest BCUT2D eigenvalue weighted by atomic mass is 9.88. The molecule has 1 aliphatic rings. The van der Waals surface area contributed by atoms with Crippen LogP contribution in [-0.2, 0) is 6.54 Å². The maximum absolute atomic E-state index is 7.60. The third-order valence-corrected chi connectivity index (χ3v) is 6.71. The second-order valence-corrected chi connectivity index (χ2v) is 8.79. The van der Waals surface area contributed by atoms with Crippen molar-refractivity contribution in [3.8, 4) is 5.75 Å². The number of aromatic amines is 1. The number of benzene rings is 3. The standard InChI is InChI=1S/C28H29N5O/c1-34-23-10-7-20(8-11-23)24-17-33(16-19-5-3-2-4-6-19)18-25(24)28-31-26-12-9-21(13-27(26)32-28)22(14-29)15-30/h2-15,24-25,29H,16-18,30H2,1H3,(H,31,32)/b22-15+,29-14?/t24?,25-/m0/s1. The molecule has 1 fully saturated rings. The molecule has 4 N–H and O–H groups in total. The lowest BCUT2D eigenvalue weighted by Crippen LogP contribution is -2.20. The molecule has 0 spiro atoms. The first kappa shape index (κ1) is 21.9. The highest BCUT2D eigenvalue weighted by Crippen LogP contribution is 2.40. The molecule has 0 bridgehead atoms. The molecule has 1 saturated heterocycles. The average molecular weight is 452 g/mol. The van der Waals surface area contributed by atoms with Crippen LogP contribution < -0.4 is 10.5 Å². The second-order valence-electron chi connectivity index (χ2n) is 8.79. The van der Waals surface area contributed by atoms with Crippen LogP contribution in [0.2, 0.25) is 0 Å². The minimum atomic E-state index is 0.236. The molecule has 2 atom stereocenters. The number of methoxy groups -OCH3 is 1. The third kappa shape index (κ3) is 4.32. The van der Waals surface area contributed by atoms with Crippen LogP contribution in [0.3, 0.4) is 0 Å². The van der Waals surface area contributed by atoms with Crippen molar-refractivity contribution in [1.82, 2.24) is 14.9 Å². The predicted molar refractivity (Wildman–Crippen MR) is 137 cm³/mol. The van der Waals surface area contributed by atoms with Gasteiger partial charge >= 0.3 is 0 Å². The Kier molecular flexibility index (Phi) is 6.14. The first-order chi connectivity index (χ1) is 16.7. The molecule has 1 unspecified atom stereocenters. The zero-order valence-corrected chi connectivity index (χ0v) is 19.2. The number of rotatable bonds is 7. The number of nitrogens with one attached hydrogen (secondary N) is 2. The van der Waals surface area contributed by atoms with Gasteiger partial charge in [-0.05, 0) is 41.0 Å². The average Bonchev–Trinajstić information content (AvgIpc) is 3.49. The van der Waals surface area contributed by atoms with Gasteiger partial charge < -0.3 is 20.9 Å². The van der Waals surface area contributed by atoms with E-state index in [0.29, 0.717) is 11.5 Å².